The quantitative estimate of drug-likeness (QED) is 0.582. The number of benzene rings is 2. The lowest BCUT2D eigenvalue weighted by atomic mass is 10.2. The summed E-state index contributed by atoms with van der Waals surface area (Å²) in [5.74, 6) is 0. The molecule has 0 saturated heterocycles. The molecule has 3 aromatic rings. The summed E-state index contributed by atoms with van der Waals surface area (Å²) in [6.07, 6.45) is 0. The first kappa shape index (κ1) is 10.7. The second-order valence-electron chi connectivity index (χ2n) is 4.15. The van der Waals surface area contributed by atoms with E-state index >= 15 is 0 Å². The van der Waals surface area contributed by atoms with Gasteiger partial charge in [-0.3, -0.25) is 0 Å². The van der Waals surface area contributed by atoms with E-state index in [4.69, 9.17) is 0 Å². The van der Waals surface area contributed by atoms with Crippen molar-refractivity contribution < 1.29 is 0 Å². The number of anilines is 3. The van der Waals surface area contributed by atoms with Crippen LogP contribution < -0.4 is 4.90 Å². The highest BCUT2D eigenvalue weighted by Gasteiger charge is 2.07. The molecule has 3 aromatic carbocycles. The fourth-order valence-corrected chi connectivity index (χ4v) is 2.11. The van der Waals surface area contributed by atoms with Crippen molar-refractivity contribution in [2.24, 2.45) is 0 Å². The SMILES string of the molecule is c1ccc(N(c2ccccc2)c2ccc[cH-]2)cc1. The molecule has 88 valence electrons. The van der Waals surface area contributed by atoms with Gasteiger partial charge in [-0.05, 0) is 24.3 Å². The highest BCUT2D eigenvalue weighted by atomic mass is 15.1. The molecule has 0 radical (unpaired) electrons. The number of rotatable bonds is 3. The number of hydrogen-bond acceptors (Lipinski definition) is 1. The topological polar surface area (TPSA) is 3.24 Å². The highest BCUT2D eigenvalue weighted by Crippen LogP contribution is 2.33. The summed E-state index contributed by atoms with van der Waals surface area (Å²) in [5.41, 5.74) is 3.54. The van der Waals surface area contributed by atoms with Crippen LogP contribution in [0.15, 0.2) is 84.9 Å². The number of hydrogen-bond donors (Lipinski definition) is 0. The molecule has 0 amide bonds. The van der Waals surface area contributed by atoms with Crippen molar-refractivity contribution in [1.82, 2.24) is 0 Å². The van der Waals surface area contributed by atoms with Crippen molar-refractivity contribution in [1.29, 1.82) is 0 Å². The van der Waals surface area contributed by atoms with E-state index in [-0.39, 0.29) is 0 Å². The molecule has 0 fully saturated rings. The predicted octanol–water partition coefficient (Wildman–Crippen LogP) is 4.88. The van der Waals surface area contributed by atoms with Gasteiger partial charge in [-0.1, -0.05) is 42.1 Å². The maximum absolute atomic E-state index is 2.25. The minimum Gasteiger partial charge on any atom is -0.335 e. The van der Waals surface area contributed by atoms with Crippen LogP contribution in [0, 0.1) is 0 Å². The second kappa shape index (κ2) is 4.84. The summed E-state index contributed by atoms with van der Waals surface area (Å²) in [6, 6.07) is 29.2. The van der Waals surface area contributed by atoms with E-state index in [0.29, 0.717) is 0 Å². The van der Waals surface area contributed by atoms with Crippen molar-refractivity contribution in [3.63, 3.8) is 0 Å². The van der Waals surface area contributed by atoms with Crippen LogP contribution in [-0.4, -0.2) is 0 Å². The Morgan fingerprint density at radius 2 is 1.17 bits per heavy atom. The molecule has 0 aliphatic carbocycles. The molecular formula is C17H14N-. The van der Waals surface area contributed by atoms with Crippen molar-refractivity contribution in [3.05, 3.63) is 84.9 Å². The van der Waals surface area contributed by atoms with Gasteiger partial charge in [0.25, 0.3) is 0 Å². The predicted molar refractivity (Wildman–Crippen MR) is 76.7 cm³/mol. The number of nitrogens with zero attached hydrogens (tertiary/aromatic N) is 1. The van der Waals surface area contributed by atoms with Gasteiger partial charge in [0, 0.05) is 11.4 Å². The van der Waals surface area contributed by atoms with E-state index < -0.39 is 0 Å². The monoisotopic (exact) mass is 232 g/mol. The van der Waals surface area contributed by atoms with Crippen molar-refractivity contribution in [2.45, 2.75) is 0 Å². The van der Waals surface area contributed by atoms with Crippen LogP contribution in [-0.2, 0) is 0 Å². The molecule has 0 saturated carbocycles. The zero-order valence-corrected chi connectivity index (χ0v) is 10.0. The van der Waals surface area contributed by atoms with E-state index in [0.717, 1.165) is 0 Å². The minimum absolute atomic E-state index is 1.18. The van der Waals surface area contributed by atoms with E-state index in [1.54, 1.807) is 0 Å². The molecule has 0 aliphatic rings. The Morgan fingerprint density at radius 1 is 0.611 bits per heavy atom. The average molecular weight is 232 g/mol. The Hall–Kier alpha value is -2.41. The van der Waals surface area contributed by atoms with Crippen LogP contribution in [0.3, 0.4) is 0 Å². The standard InChI is InChI=1S/C17H14N/c1-3-9-15(10-4-1)18(17-13-7-8-14-17)16-11-5-2-6-12-16/h1-14H/q-1. The lowest BCUT2D eigenvalue weighted by Gasteiger charge is -2.27. The second-order valence-corrected chi connectivity index (χ2v) is 4.15. The Labute approximate surface area is 107 Å². The van der Waals surface area contributed by atoms with E-state index in [2.05, 4.69) is 77.7 Å². The van der Waals surface area contributed by atoms with Crippen molar-refractivity contribution >= 4 is 17.1 Å². The molecule has 0 spiro atoms. The first-order chi connectivity index (χ1) is 8.95. The van der Waals surface area contributed by atoms with Crippen molar-refractivity contribution in [3.8, 4) is 0 Å². The smallest absolute Gasteiger partial charge is 0.0437 e. The van der Waals surface area contributed by atoms with Gasteiger partial charge in [0.05, 0.1) is 0 Å². The van der Waals surface area contributed by atoms with Gasteiger partial charge in [-0.15, -0.1) is 6.07 Å². The summed E-state index contributed by atoms with van der Waals surface area (Å²) in [6.45, 7) is 0. The van der Waals surface area contributed by atoms with E-state index in [1.807, 2.05) is 12.1 Å². The van der Waals surface area contributed by atoms with Crippen LogP contribution in [0.5, 0.6) is 0 Å². The summed E-state index contributed by atoms with van der Waals surface area (Å²) >= 11 is 0. The summed E-state index contributed by atoms with van der Waals surface area (Å²) < 4.78 is 0. The Balaban J connectivity index is 2.11. The van der Waals surface area contributed by atoms with Crippen molar-refractivity contribution in [2.75, 3.05) is 4.90 Å². The molecule has 18 heavy (non-hydrogen) atoms. The van der Waals surface area contributed by atoms with E-state index in [9.17, 15) is 0 Å². The maximum atomic E-state index is 2.25. The minimum atomic E-state index is 1.18. The zero-order chi connectivity index (χ0) is 12.2. The maximum Gasteiger partial charge on any atom is 0.0437 e. The summed E-state index contributed by atoms with van der Waals surface area (Å²) in [4.78, 5) is 2.25. The number of para-hydroxylation sites is 2. The lowest BCUT2D eigenvalue weighted by molar-refractivity contribution is 1.29. The third kappa shape index (κ3) is 2.03. The molecule has 1 nitrogen and oxygen atoms in total. The normalized spacial score (nSPS) is 10.2. The summed E-state index contributed by atoms with van der Waals surface area (Å²) in [5, 5.41) is 0. The Bertz CT molecular complexity index is 543. The molecule has 0 atom stereocenters. The van der Waals surface area contributed by atoms with Crippen LogP contribution in [0.4, 0.5) is 17.1 Å². The molecule has 0 aliphatic heterocycles. The van der Waals surface area contributed by atoms with Crippen LogP contribution in [0.25, 0.3) is 0 Å². The molecule has 0 heterocycles. The fraction of sp³-hybridized carbons (Fsp3) is 0. The van der Waals surface area contributed by atoms with E-state index in [1.165, 1.54) is 17.1 Å². The molecular weight excluding hydrogens is 218 g/mol. The van der Waals surface area contributed by atoms with Gasteiger partial charge < -0.3 is 4.90 Å². The summed E-state index contributed by atoms with van der Waals surface area (Å²) in [7, 11) is 0. The van der Waals surface area contributed by atoms with Crippen LogP contribution >= 0.6 is 0 Å². The van der Waals surface area contributed by atoms with Gasteiger partial charge in [0.1, 0.15) is 0 Å². The van der Waals surface area contributed by atoms with Gasteiger partial charge >= 0.3 is 0 Å². The van der Waals surface area contributed by atoms with Gasteiger partial charge in [-0.25, -0.2) is 6.07 Å². The van der Waals surface area contributed by atoms with Gasteiger partial charge in [0.2, 0.25) is 0 Å². The van der Waals surface area contributed by atoms with Gasteiger partial charge in [-0.2, -0.15) is 12.1 Å². The third-order valence-corrected chi connectivity index (χ3v) is 2.93. The average Bonchev–Trinajstić information content (AvgIpc) is 2.95. The third-order valence-electron chi connectivity index (χ3n) is 2.93. The largest absolute Gasteiger partial charge is 0.335 e. The first-order valence-corrected chi connectivity index (χ1v) is 6.07. The molecule has 0 bridgehead atoms. The molecule has 1 heteroatoms. The fourth-order valence-electron chi connectivity index (χ4n) is 2.11. The Morgan fingerprint density at radius 3 is 1.61 bits per heavy atom. The highest BCUT2D eigenvalue weighted by molar-refractivity contribution is 5.76. The van der Waals surface area contributed by atoms with Crippen LogP contribution in [0.1, 0.15) is 0 Å². The first-order valence-electron chi connectivity index (χ1n) is 6.07. The molecule has 0 unspecified atom stereocenters. The van der Waals surface area contributed by atoms with Crippen LogP contribution in [0.2, 0.25) is 0 Å². The molecule has 3 rings (SSSR count). The molecule has 0 N–H and O–H groups in total. The van der Waals surface area contributed by atoms with Gasteiger partial charge in [0.15, 0.2) is 0 Å². The molecule has 0 aromatic heterocycles. The Kier molecular flexibility index (Phi) is 2.89. The zero-order valence-electron chi connectivity index (χ0n) is 10.0. The lowest BCUT2D eigenvalue weighted by Crippen LogP contribution is -2.08.